The first-order chi connectivity index (χ1) is 16.5. The molecule has 3 amide bonds. The van der Waals surface area contributed by atoms with Crippen LogP contribution in [-0.4, -0.2) is 70.1 Å². The topological polar surface area (TPSA) is 76.7 Å². The molecule has 7 nitrogen and oxygen atoms in total. The van der Waals surface area contributed by atoms with Gasteiger partial charge in [0.1, 0.15) is 0 Å². The Kier molecular flexibility index (Phi) is 6.09. The van der Waals surface area contributed by atoms with Gasteiger partial charge in [-0.2, -0.15) is 0 Å². The minimum atomic E-state index is -0.225. The molecule has 176 valence electrons. The van der Waals surface area contributed by atoms with E-state index in [1.807, 2.05) is 63.4 Å². The predicted octanol–water partition coefficient (Wildman–Crippen LogP) is 2.92. The molecule has 3 heterocycles. The van der Waals surface area contributed by atoms with Crippen molar-refractivity contribution in [1.29, 1.82) is 0 Å². The summed E-state index contributed by atoms with van der Waals surface area (Å²) in [4.78, 5) is 47.1. The first-order valence-corrected chi connectivity index (χ1v) is 12.0. The van der Waals surface area contributed by atoms with E-state index in [0.29, 0.717) is 39.1 Å². The molecule has 1 saturated heterocycles. The van der Waals surface area contributed by atoms with Crippen LogP contribution in [0.2, 0.25) is 0 Å². The zero-order chi connectivity index (χ0) is 23.7. The highest BCUT2D eigenvalue weighted by Crippen LogP contribution is 2.33. The third kappa shape index (κ3) is 4.30. The normalized spacial score (nSPS) is 18.1. The zero-order valence-electron chi connectivity index (χ0n) is 19.5. The minimum absolute atomic E-state index is 0.000000135. The van der Waals surface area contributed by atoms with Crippen molar-refractivity contribution >= 4 is 28.6 Å². The number of hydrogen-bond acceptors (Lipinski definition) is 3. The summed E-state index contributed by atoms with van der Waals surface area (Å²) in [7, 11) is 0. The zero-order valence-corrected chi connectivity index (χ0v) is 19.5. The molecule has 0 radical (unpaired) electrons. The summed E-state index contributed by atoms with van der Waals surface area (Å²) in [5, 5.41) is 1.08. The number of nitrogens with one attached hydrogen (secondary N) is 1. The molecular formula is C27H30N4O3. The Balaban J connectivity index is 1.20. The summed E-state index contributed by atoms with van der Waals surface area (Å²) in [5.74, 6) is 0.123. The van der Waals surface area contributed by atoms with Crippen LogP contribution < -0.4 is 0 Å². The average molecular weight is 459 g/mol. The van der Waals surface area contributed by atoms with Crippen LogP contribution in [0.4, 0.5) is 0 Å². The third-order valence-corrected chi connectivity index (χ3v) is 7.19. The summed E-state index contributed by atoms with van der Waals surface area (Å²) in [6, 6.07) is 15.9. The van der Waals surface area contributed by atoms with E-state index < -0.39 is 0 Å². The van der Waals surface area contributed by atoms with Crippen LogP contribution in [0, 0.1) is 0 Å². The van der Waals surface area contributed by atoms with E-state index >= 15 is 0 Å². The number of amides is 3. The average Bonchev–Trinajstić information content (AvgIpc) is 3.27. The molecule has 0 unspecified atom stereocenters. The lowest BCUT2D eigenvalue weighted by molar-refractivity contribution is -0.141. The Hall–Kier alpha value is -3.61. The molecule has 1 atom stereocenters. The SMILES string of the molecule is CC(=O)N1CCc2ccccc2[C@@H]1CC(=O)N1CCN(C(=O)Cc2c[nH]c3ccccc23)CC1. The van der Waals surface area contributed by atoms with Gasteiger partial charge in [0.2, 0.25) is 17.7 Å². The number of hydrogen-bond donors (Lipinski definition) is 1. The number of carbonyl (C=O) groups excluding carboxylic acids is 3. The lowest BCUT2D eigenvalue weighted by Gasteiger charge is -2.39. The van der Waals surface area contributed by atoms with Crippen molar-refractivity contribution in [3.8, 4) is 0 Å². The Labute approximate surface area is 199 Å². The monoisotopic (exact) mass is 458 g/mol. The molecule has 0 saturated carbocycles. The van der Waals surface area contributed by atoms with Crippen molar-refractivity contribution in [1.82, 2.24) is 19.7 Å². The lowest BCUT2D eigenvalue weighted by Crippen LogP contribution is -2.51. The van der Waals surface area contributed by atoms with E-state index in [0.717, 1.165) is 28.5 Å². The van der Waals surface area contributed by atoms with E-state index in [4.69, 9.17) is 0 Å². The number of rotatable bonds is 4. The summed E-state index contributed by atoms with van der Waals surface area (Å²) in [6.07, 6.45) is 3.35. The lowest BCUT2D eigenvalue weighted by atomic mass is 9.90. The number of fused-ring (bicyclic) bond motifs is 2. The number of aromatic nitrogens is 1. The summed E-state index contributed by atoms with van der Waals surface area (Å²) in [6.45, 7) is 4.32. The van der Waals surface area contributed by atoms with Gasteiger partial charge in [-0.3, -0.25) is 14.4 Å². The van der Waals surface area contributed by atoms with Crippen LogP contribution in [0.15, 0.2) is 54.7 Å². The molecule has 0 bridgehead atoms. The highest BCUT2D eigenvalue weighted by atomic mass is 16.2. The number of benzene rings is 2. The molecule has 2 aliphatic rings. The smallest absolute Gasteiger partial charge is 0.227 e. The van der Waals surface area contributed by atoms with Gasteiger partial charge in [0.05, 0.1) is 18.9 Å². The van der Waals surface area contributed by atoms with Gasteiger partial charge in [0.25, 0.3) is 0 Å². The maximum Gasteiger partial charge on any atom is 0.227 e. The second kappa shape index (κ2) is 9.33. The molecule has 2 aromatic carbocycles. The molecular weight excluding hydrogens is 428 g/mol. The highest BCUT2D eigenvalue weighted by Gasteiger charge is 2.33. The fourth-order valence-corrected chi connectivity index (χ4v) is 5.30. The van der Waals surface area contributed by atoms with Crippen LogP contribution in [0.25, 0.3) is 10.9 Å². The number of carbonyl (C=O) groups is 3. The van der Waals surface area contributed by atoms with Gasteiger partial charge >= 0.3 is 0 Å². The molecule has 5 rings (SSSR count). The molecule has 2 aliphatic heterocycles. The minimum Gasteiger partial charge on any atom is -0.361 e. The maximum atomic E-state index is 13.2. The van der Waals surface area contributed by atoms with Gasteiger partial charge in [-0.05, 0) is 29.2 Å². The molecule has 1 N–H and O–H groups in total. The number of para-hydroxylation sites is 1. The second-order valence-corrected chi connectivity index (χ2v) is 9.18. The maximum absolute atomic E-state index is 13.2. The van der Waals surface area contributed by atoms with Crippen molar-refractivity contribution in [2.75, 3.05) is 32.7 Å². The van der Waals surface area contributed by atoms with Gasteiger partial charge in [0, 0.05) is 56.7 Å². The van der Waals surface area contributed by atoms with Crippen LogP contribution in [0.5, 0.6) is 0 Å². The quantitative estimate of drug-likeness (QED) is 0.653. The van der Waals surface area contributed by atoms with E-state index in [-0.39, 0.29) is 30.2 Å². The number of piperazine rings is 1. The Morgan fingerprint density at radius 3 is 2.32 bits per heavy atom. The summed E-state index contributed by atoms with van der Waals surface area (Å²) >= 11 is 0. The Morgan fingerprint density at radius 1 is 0.882 bits per heavy atom. The fourth-order valence-electron chi connectivity index (χ4n) is 5.30. The van der Waals surface area contributed by atoms with Crippen molar-refractivity contribution < 1.29 is 14.4 Å². The van der Waals surface area contributed by atoms with Crippen molar-refractivity contribution in [2.24, 2.45) is 0 Å². The standard InChI is InChI=1S/C27H30N4O3/c1-19(32)31-11-10-20-6-2-3-8-23(20)25(31)17-27(34)30-14-12-29(13-15-30)26(33)16-21-18-28-24-9-5-4-7-22(21)24/h2-9,18,25,28H,10-17H2,1H3/t25-/m0/s1. The number of H-pyrrole nitrogens is 1. The second-order valence-electron chi connectivity index (χ2n) is 9.18. The highest BCUT2D eigenvalue weighted by molar-refractivity contribution is 5.89. The molecule has 1 aromatic heterocycles. The van der Waals surface area contributed by atoms with Crippen molar-refractivity contribution in [3.05, 3.63) is 71.4 Å². The van der Waals surface area contributed by atoms with E-state index in [2.05, 4.69) is 11.1 Å². The van der Waals surface area contributed by atoms with Gasteiger partial charge in [-0.25, -0.2) is 0 Å². The van der Waals surface area contributed by atoms with Gasteiger partial charge in [-0.15, -0.1) is 0 Å². The van der Waals surface area contributed by atoms with Gasteiger partial charge in [0.15, 0.2) is 0 Å². The largest absolute Gasteiger partial charge is 0.361 e. The number of nitrogens with zero attached hydrogens (tertiary/aromatic N) is 3. The molecule has 0 spiro atoms. The summed E-state index contributed by atoms with van der Waals surface area (Å²) < 4.78 is 0. The van der Waals surface area contributed by atoms with Gasteiger partial charge in [-0.1, -0.05) is 42.5 Å². The first-order valence-electron chi connectivity index (χ1n) is 12.0. The predicted molar refractivity (Wildman–Crippen MR) is 130 cm³/mol. The van der Waals surface area contributed by atoms with Crippen molar-refractivity contribution in [2.45, 2.75) is 32.2 Å². The first kappa shape index (κ1) is 22.2. The fraction of sp³-hybridized carbons (Fsp3) is 0.370. The molecule has 3 aromatic rings. The van der Waals surface area contributed by atoms with E-state index in [9.17, 15) is 14.4 Å². The molecule has 34 heavy (non-hydrogen) atoms. The Morgan fingerprint density at radius 2 is 1.56 bits per heavy atom. The van der Waals surface area contributed by atoms with Crippen LogP contribution in [0.1, 0.15) is 36.1 Å². The van der Waals surface area contributed by atoms with E-state index in [1.54, 1.807) is 6.92 Å². The Bertz CT molecular complexity index is 1230. The van der Waals surface area contributed by atoms with Crippen LogP contribution in [-0.2, 0) is 27.2 Å². The number of aromatic amines is 1. The molecule has 0 aliphatic carbocycles. The van der Waals surface area contributed by atoms with E-state index in [1.165, 1.54) is 5.56 Å². The van der Waals surface area contributed by atoms with Crippen LogP contribution in [0.3, 0.4) is 0 Å². The molecule has 7 heteroatoms. The van der Waals surface area contributed by atoms with Gasteiger partial charge < -0.3 is 19.7 Å². The van der Waals surface area contributed by atoms with Crippen LogP contribution >= 0.6 is 0 Å². The summed E-state index contributed by atoms with van der Waals surface area (Å²) in [5.41, 5.74) is 4.32. The third-order valence-electron chi connectivity index (χ3n) is 7.19. The molecule has 1 fully saturated rings. The van der Waals surface area contributed by atoms with Crippen molar-refractivity contribution in [3.63, 3.8) is 0 Å².